The van der Waals surface area contributed by atoms with Crippen molar-refractivity contribution in [3.63, 3.8) is 0 Å². The molecule has 0 aliphatic carbocycles. The number of aliphatic hydroxyl groups is 1. The van der Waals surface area contributed by atoms with Crippen molar-refractivity contribution in [1.29, 1.82) is 0 Å². The first kappa shape index (κ1) is 14.7. The molecule has 0 aromatic rings. The summed E-state index contributed by atoms with van der Waals surface area (Å²) in [4.78, 5) is 1.56. The molecule has 1 rings (SSSR count). The van der Waals surface area contributed by atoms with Gasteiger partial charge in [0.25, 0.3) is 0 Å². The predicted octanol–water partition coefficient (Wildman–Crippen LogP) is 1.23. The summed E-state index contributed by atoms with van der Waals surface area (Å²) in [5.74, 6) is 0.599. The number of rotatable bonds is 5. The van der Waals surface area contributed by atoms with Gasteiger partial charge in [0.05, 0.1) is 0 Å². The van der Waals surface area contributed by atoms with E-state index < -0.39 is 12.3 Å². The average molecular weight is 254 g/mol. The van der Waals surface area contributed by atoms with Gasteiger partial charge in [0.15, 0.2) is 6.10 Å². The Hall–Kier alpha value is -0.330. The maximum Gasteiger partial charge on any atom is 0.415 e. The van der Waals surface area contributed by atoms with Crippen LogP contribution in [-0.4, -0.2) is 55.5 Å². The molecular formula is C11H21F3N2O. The van der Waals surface area contributed by atoms with E-state index in [1.807, 2.05) is 0 Å². The number of nitrogens with zero attached hydrogens (tertiary/aromatic N) is 1. The Labute approximate surface area is 100.0 Å². The van der Waals surface area contributed by atoms with Crippen LogP contribution in [0.1, 0.15) is 19.3 Å². The van der Waals surface area contributed by atoms with Gasteiger partial charge >= 0.3 is 6.18 Å². The third-order valence-corrected chi connectivity index (χ3v) is 3.24. The Balaban J connectivity index is 2.18. The molecule has 0 aromatic carbocycles. The van der Waals surface area contributed by atoms with Gasteiger partial charge in [-0.1, -0.05) is 0 Å². The number of halogens is 3. The molecule has 6 heteroatoms. The quantitative estimate of drug-likeness (QED) is 0.774. The largest absolute Gasteiger partial charge is 0.415 e. The lowest BCUT2D eigenvalue weighted by Crippen LogP contribution is -2.40. The predicted molar refractivity (Wildman–Crippen MR) is 59.8 cm³/mol. The van der Waals surface area contributed by atoms with E-state index in [1.54, 1.807) is 11.9 Å². The van der Waals surface area contributed by atoms with Crippen LogP contribution in [0.4, 0.5) is 13.2 Å². The number of alkyl halides is 3. The van der Waals surface area contributed by atoms with Gasteiger partial charge in [-0.05, 0) is 51.9 Å². The molecule has 0 spiro atoms. The van der Waals surface area contributed by atoms with Crippen molar-refractivity contribution >= 4 is 0 Å². The highest BCUT2D eigenvalue weighted by molar-refractivity contribution is 4.72. The zero-order valence-corrected chi connectivity index (χ0v) is 10.1. The van der Waals surface area contributed by atoms with Crippen LogP contribution in [0.3, 0.4) is 0 Å². The minimum Gasteiger partial charge on any atom is -0.382 e. The number of likely N-dealkylation sites (N-methyl/N-ethyl adjacent to an activating group) is 1. The molecule has 1 atom stereocenters. The van der Waals surface area contributed by atoms with Crippen LogP contribution in [0.15, 0.2) is 0 Å². The maximum atomic E-state index is 12.1. The van der Waals surface area contributed by atoms with E-state index in [2.05, 4.69) is 5.32 Å². The molecule has 3 nitrogen and oxygen atoms in total. The highest BCUT2D eigenvalue weighted by atomic mass is 19.4. The fourth-order valence-electron chi connectivity index (χ4n) is 2.06. The van der Waals surface area contributed by atoms with Crippen LogP contribution < -0.4 is 5.32 Å². The van der Waals surface area contributed by atoms with E-state index in [-0.39, 0.29) is 6.54 Å². The van der Waals surface area contributed by atoms with E-state index in [0.717, 1.165) is 32.4 Å². The smallest absolute Gasteiger partial charge is 0.382 e. The summed E-state index contributed by atoms with van der Waals surface area (Å²) in [5, 5.41) is 12.2. The first-order valence-electron chi connectivity index (χ1n) is 6.03. The Bertz CT molecular complexity index is 217. The van der Waals surface area contributed by atoms with Crippen molar-refractivity contribution in [2.45, 2.75) is 31.5 Å². The van der Waals surface area contributed by atoms with Gasteiger partial charge in [-0.25, -0.2) is 0 Å². The molecule has 0 bridgehead atoms. The van der Waals surface area contributed by atoms with Crippen LogP contribution in [0.2, 0.25) is 0 Å². The van der Waals surface area contributed by atoms with Gasteiger partial charge in [-0.3, -0.25) is 0 Å². The second kappa shape index (κ2) is 6.56. The average Bonchev–Trinajstić information content (AvgIpc) is 2.26. The third-order valence-electron chi connectivity index (χ3n) is 3.24. The molecule has 1 fully saturated rings. The summed E-state index contributed by atoms with van der Waals surface area (Å²) in [7, 11) is 1.62. The molecule has 0 saturated carbocycles. The van der Waals surface area contributed by atoms with Crippen LogP contribution in [0, 0.1) is 5.92 Å². The highest BCUT2D eigenvalue weighted by Gasteiger charge is 2.38. The van der Waals surface area contributed by atoms with Gasteiger partial charge in [-0.2, -0.15) is 13.2 Å². The van der Waals surface area contributed by atoms with Gasteiger partial charge in [0.1, 0.15) is 0 Å². The molecule has 2 N–H and O–H groups in total. The van der Waals surface area contributed by atoms with E-state index >= 15 is 0 Å². The Morgan fingerprint density at radius 1 is 1.35 bits per heavy atom. The van der Waals surface area contributed by atoms with Gasteiger partial charge in [0.2, 0.25) is 0 Å². The Morgan fingerprint density at radius 3 is 2.47 bits per heavy atom. The second-order valence-electron chi connectivity index (χ2n) is 4.80. The molecule has 1 saturated heterocycles. The number of hydrogen-bond donors (Lipinski definition) is 2. The normalized spacial score (nSPS) is 20.8. The Morgan fingerprint density at radius 2 is 1.94 bits per heavy atom. The van der Waals surface area contributed by atoms with Crippen molar-refractivity contribution < 1.29 is 18.3 Å². The SMILES string of the molecule is CN(CCC1CCNCC1)CC(O)C(F)(F)F. The standard InChI is InChI=1S/C11H21F3N2O/c1-16(8-10(17)11(12,13)14)7-4-9-2-5-15-6-3-9/h9-10,15,17H,2-8H2,1H3. The fraction of sp³-hybridized carbons (Fsp3) is 1.00. The summed E-state index contributed by atoms with van der Waals surface area (Å²) < 4.78 is 36.4. The lowest BCUT2D eigenvalue weighted by molar-refractivity contribution is -0.207. The number of nitrogens with one attached hydrogen (secondary N) is 1. The first-order chi connectivity index (χ1) is 7.89. The molecule has 17 heavy (non-hydrogen) atoms. The van der Waals surface area contributed by atoms with E-state index in [9.17, 15) is 13.2 Å². The zero-order valence-electron chi connectivity index (χ0n) is 10.1. The molecule has 1 aliphatic rings. The number of piperidine rings is 1. The van der Waals surface area contributed by atoms with Gasteiger partial charge in [-0.15, -0.1) is 0 Å². The fourth-order valence-corrected chi connectivity index (χ4v) is 2.06. The zero-order chi connectivity index (χ0) is 12.9. The summed E-state index contributed by atoms with van der Waals surface area (Å²) >= 11 is 0. The molecule has 0 aromatic heterocycles. The summed E-state index contributed by atoms with van der Waals surface area (Å²) in [5.41, 5.74) is 0. The van der Waals surface area contributed by atoms with Gasteiger partial charge in [0, 0.05) is 6.54 Å². The molecule has 1 unspecified atom stereocenters. The summed E-state index contributed by atoms with van der Waals surface area (Å²) in [6, 6.07) is 0. The van der Waals surface area contributed by atoms with E-state index in [0.29, 0.717) is 12.5 Å². The Kier molecular flexibility index (Phi) is 5.69. The van der Waals surface area contributed by atoms with Crippen LogP contribution >= 0.6 is 0 Å². The van der Waals surface area contributed by atoms with Crippen molar-refractivity contribution in [1.82, 2.24) is 10.2 Å². The molecule has 1 heterocycles. The minimum atomic E-state index is -4.51. The molecular weight excluding hydrogens is 233 g/mol. The highest BCUT2D eigenvalue weighted by Crippen LogP contribution is 2.21. The molecule has 0 amide bonds. The topological polar surface area (TPSA) is 35.5 Å². The van der Waals surface area contributed by atoms with Crippen LogP contribution in [0.25, 0.3) is 0 Å². The molecule has 102 valence electrons. The third kappa shape index (κ3) is 5.70. The van der Waals surface area contributed by atoms with Crippen LogP contribution in [0.5, 0.6) is 0 Å². The monoisotopic (exact) mass is 254 g/mol. The molecule has 0 radical (unpaired) electrons. The summed E-state index contributed by atoms with van der Waals surface area (Å²) in [6.45, 7) is 2.27. The lowest BCUT2D eigenvalue weighted by Gasteiger charge is -2.26. The van der Waals surface area contributed by atoms with Crippen molar-refractivity contribution in [2.24, 2.45) is 5.92 Å². The van der Waals surface area contributed by atoms with Crippen LogP contribution in [-0.2, 0) is 0 Å². The number of aliphatic hydroxyl groups excluding tert-OH is 1. The number of hydrogen-bond acceptors (Lipinski definition) is 3. The molecule has 1 aliphatic heterocycles. The second-order valence-corrected chi connectivity index (χ2v) is 4.80. The van der Waals surface area contributed by atoms with Crippen molar-refractivity contribution in [3.8, 4) is 0 Å². The van der Waals surface area contributed by atoms with Gasteiger partial charge < -0.3 is 15.3 Å². The summed E-state index contributed by atoms with van der Waals surface area (Å²) in [6.07, 6.45) is -3.66. The lowest BCUT2D eigenvalue weighted by atomic mass is 9.94. The first-order valence-corrected chi connectivity index (χ1v) is 6.03. The van der Waals surface area contributed by atoms with E-state index in [4.69, 9.17) is 5.11 Å². The van der Waals surface area contributed by atoms with E-state index in [1.165, 1.54) is 0 Å². The maximum absolute atomic E-state index is 12.1. The minimum absolute atomic E-state index is 0.339. The van der Waals surface area contributed by atoms with Crippen molar-refractivity contribution in [2.75, 3.05) is 33.2 Å². The van der Waals surface area contributed by atoms with Crippen molar-refractivity contribution in [3.05, 3.63) is 0 Å².